The first-order valence-corrected chi connectivity index (χ1v) is 8.39. The highest BCUT2D eigenvalue weighted by Gasteiger charge is 2.42. The van der Waals surface area contributed by atoms with Crippen LogP contribution in [0.3, 0.4) is 0 Å². The molecule has 1 saturated carbocycles. The highest BCUT2D eigenvalue weighted by Crippen LogP contribution is 2.42. The van der Waals surface area contributed by atoms with Gasteiger partial charge in [-0.2, -0.15) is 0 Å². The van der Waals surface area contributed by atoms with E-state index >= 15 is 0 Å². The Hall–Kier alpha value is -0.0800. The summed E-state index contributed by atoms with van der Waals surface area (Å²) >= 11 is 0. The van der Waals surface area contributed by atoms with Gasteiger partial charge in [0.2, 0.25) is 0 Å². The SMILES string of the molecule is CCNC1C(CN2CCC(C(C)C)C2)CCC1(C)C. The van der Waals surface area contributed by atoms with E-state index in [9.17, 15) is 0 Å². The number of nitrogens with one attached hydrogen (secondary N) is 1. The second-order valence-corrected chi connectivity index (χ2v) is 7.88. The summed E-state index contributed by atoms with van der Waals surface area (Å²) in [6.07, 6.45) is 4.21. The van der Waals surface area contributed by atoms with Gasteiger partial charge in [0.15, 0.2) is 0 Å². The molecule has 0 aromatic rings. The molecular formula is C17H34N2. The first kappa shape index (κ1) is 15.3. The third kappa shape index (κ3) is 3.52. The molecule has 0 aromatic carbocycles. The summed E-state index contributed by atoms with van der Waals surface area (Å²) < 4.78 is 0. The van der Waals surface area contributed by atoms with Gasteiger partial charge in [0.25, 0.3) is 0 Å². The smallest absolute Gasteiger partial charge is 0.0159 e. The molecule has 0 amide bonds. The predicted octanol–water partition coefficient (Wildman–Crippen LogP) is 3.38. The quantitative estimate of drug-likeness (QED) is 0.820. The Labute approximate surface area is 120 Å². The van der Waals surface area contributed by atoms with E-state index in [1.807, 2.05) is 0 Å². The van der Waals surface area contributed by atoms with Crippen LogP contribution in [0.1, 0.15) is 53.9 Å². The maximum atomic E-state index is 3.77. The van der Waals surface area contributed by atoms with Crippen LogP contribution >= 0.6 is 0 Å². The maximum Gasteiger partial charge on any atom is 0.0159 e. The molecule has 19 heavy (non-hydrogen) atoms. The average molecular weight is 266 g/mol. The van der Waals surface area contributed by atoms with Gasteiger partial charge in [-0.05, 0) is 55.5 Å². The summed E-state index contributed by atoms with van der Waals surface area (Å²) in [5.41, 5.74) is 0.484. The van der Waals surface area contributed by atoms with Gasteiger partial charge in [0.05, 0.1) is 0 Å². The van der Waals surface area contributed by atoms with Gasteiger partial charge in [-0.25, -0.2) is 0 Å². The van der Waals surface area contributed by atoms with Crippen molar-refractivity contribution in [3.8, 4) is 0 Å². The van der Waals surface area contributed by atoms with Crippen molar-refractivity contribution in [3.63, 3.8) is 0 Å². The number of nitrogens with zero attached hydrogens (tertiary/aromatic N) is 1. The van der Waals surface area contributed by atoms with Gasteiger partial charge in [0, 0.05) is 19.1 Å². The Morgan fingerprint density at radius 3 is 2.58 bits per heavy atom. The molecule has 0 spiro atoms. The van der Waals surface area contributed by atoms with Crippen LogP contribution in [-0.2, 0) is 0 Å². The molecule has 3 unspecified atom stereocenters. The van der Waals surface area contributed by atoms with Gasteiger partial charge in [-0.3, -0.25) is 0 Å². The van der Waals surface area contributed by atoms with Crippen LogP contribution in [0.2, 0.25) is 0 Å². The van der Waals surface area contributed by atoms with Crippen molar-refractivity contribution in [1.29, 1.82) is 0 Å². The Balaban J connectivity index is 1.89. The standard InChI is InChI=1S/C17H34N2/c1-6-18-16-15(7-9-17(16,4)5)12-19-10-8-14(11-19)13(2)3/h13-16,18H,6-12H2,1-5H3. The third-order valence-corrected chi connectivity index (χ3v) is 5.64. The average Bonchev–Trinajstić information content (AvgIpc) is 2.89. The Morgan fingerprint density at radius 1 is 1.26 bits per heavy atom. The monoisotopic (exact) mass is 266 g/mol. The zero-order chi connectivity index (χ0) is 14.0. The molecule has 1 N–H and O–H groups in total. The molecular weight excluding hydrogens is 232 g/mol. The van der Waals surface area contributed by atoms with Crippen LogP contribution in [-0.4, -0.2) is 37.1 Å². The van der Waals surface area contributed by atoms with E-state index in [2.05, 4.69) is 44.8 Å². The van der Waals surface area contributed by atoms with Crippen molar-refractivity contribution in [2.75, 3.05) is 26.2 Å². The lowest BCUT2D eigenvalue weighted by atomic mass is 9.84. The molecule has 0 radical (unpaired) electrons. The zero-order valence-corrected chi connectivity index (χ0v) is 13.7. The van der Waals surface area contributed by atoms with Crippen molar-refractivity contribution < 1.29 is 0 Å². The second kappa shape index (κ2) is 6.13. The third-order valence-electron chi connectivity index (χ3n) is 5.64. The van der Waals surface area contributed by atoms with Crippen molar-refractivity contribution in [2.24, 2.45) is 23.2 Å². The van der Waals surface area contributed by atoms with Gasteiger partial charge < -0.3 is 10.2 Å². The first-order chi connectivity index (χ1) is 8.94. The highest BCUT2D eigenvalue weighted by molar-refractivity contribution is 4.97. The lowest BCUT2D eigenvalue weighted by molar-refractivity contribution is 0.199. The summed E-state index contributed by atoms with van der Waals surface area (Å²) in [4.78, 5) is 2.74. The zero-order valence-electron chi connectivity index (χ0n) is 13.7. The van der Waals surface area contributed by atoms with Gasteiger partial charge in [-0.15, -0.1) is 0 Å². The fourth-order valence-corrected chi connectivity index (χ4v) is 4.28. The largest absolute Gasteiger partial charge is 0.313 e. The molecule has 2 aliphatic rings. The second-order valence-electron chi connectivity index (χ2n) is 7.88. The number of hydrogen-bond donors (Lipinski definition) is 1. The molecule has 2 nitrogen and oxygen atoms in total. The van der Waals surface area contributed by atoms with E-state index in [0.717, 1.165) is 30.3 Å². The highest BCUT2D eigenvalue weighted by atomic mass is 15.2. The summed E-state index contributed by atoms with van der Waals surface area (Å²) in [5.74, 6) is 2.66. The molecule has 2 heteroatoms. The summed E-state index contributed by atoms with van der Waals surface area (Å²) in [6.45, 7) is 17.0. The van der Waals surface area contributed by atoms with Crippen LogP contribution in [0.25, 0.3) is 0 Å². The van der Waals surface area contributed by atoms with Gasteiger partial charge >= 0.3 is 0 Å². The van der Waals surface area contributed by atoms with E-state index in [1.165, 1.54) is 38.9 Å². The number of likely N-dealkylation sites (tertiary alicyclic amines) is 1. The van der Waals surface area contributed by atoms with Crippen molar-refractivity contribution in [2.45, 2.75) is 59.9 Å². The van der Waals surface area contributed by atoms with Crippen LogP contribution in [0.4, 0.5) is 0 Å². The van der Waals surface area contributed by atoms with Crippen LogP contribution in [0.5, 0.6) is 0 Å². The minimum Gasteiger partial charge on any atom is -0.313 e. The van der Waals surface area contributed by atoms with Crippen molar-refractivity contribution in [1.82, 2.24) is 10.2 Å². The van der Waals surface area contributed by atoms with Crippen LogP contribution in [0.15, 0.2) is 0 Å². The lowest BCUT2D eigenvalue weighted by Crippen LogP contribution is -2.45. The fourth-order valence-electron chi connectivity index (χ4n) is 4.28. The molecule has 0 bridgehead atoms. The van der Waals surface area contributed by atoms with Crippen molar-refractivity contribution >= 4 is 0 Å². The van der Waals surface area contributed by atoms with E-state index < -0.39 is 0 Å². The molecule has 3 atom stereocenters. The van der Waals surface area contributed by atoms with Crippen LogP contribution in [0, 0.1) is 23.2 Å². The minimum atomic E-state index is 0.484. The molecule has 1 heterocycles. The van der Waals surface area contributed by atoms with Crippen molar-refractivity contribution in [3.05, 3.63) is 0 Å². The molecule has 112 valence electrons. The van der Waals surface area contributed by atoms with Gasteiger partial charge in [0.1, 0.15) is 0 Å². The summed E-state index contributed by atoms with van der Waals surface area (Å²) in [5, 5.41) is 3.77. The first-order valence-electron chi connectivity index (χ1n) is 8.39. The fraction of sp³-hybridized carbons (Fsp3) is 1.00. The Bertz CT molecular complexity index is 285. The number of rotatable bonds is 5. The number of hydrogen-bond acceptors (Lipinski definition) is 2. The maximum absolute atomic E-state index is 3.77. The summed E-state index contributed by atoms with van der Waals surface area (Å²) in [6, 6.07) is 0.718. The molecule has 1 saturated heterocycles. The van der Waals surface area contributed by atoms with E-state index in [-0.39, 0.29) is 0 Å². The Morgan fingerprint density at radius 2 is 2.00 bits per heavy atom. The summed E-state index contributed by atoms with van der Waals surface area (Å²) in [7, 11) is 0. The van der Waals surface area contributed by atoms with E-state index in [1.54, 1.807) is 0 Å². The van der Waals surface area contributed by atoms with E-state index in [4.69, 9.17) is 0 Å². The normalized spacial score (nSPS) is 35.4. The predicted molar refractivity (Wildman–Crippen MR) is 83.4 cm³/mol. The van der Waals surface area contributed by atoms with Gasteiger partial charge in [-0.1, -0.05) is 34.6 Å². The van der Waals surface area contributed by atoms with E-state index in [0.29, 0.717) is 5.41 Å². The Kier molecular flexibility index (Phi) is 4.94. The molecule has 2 rings (SSSR count). The molecule has 1 aliphatic carbocycles. The molecule has 1 aliphatic heterocycles. The topological polar surface area (TPSA) is 15.3 Å². The minimum absolute atomic E-state index is 0.484. The molecule has 0 aromatic heterocycles. The molecule has 2 fully saturated rings. The van der Waals surface area contributed by atoms with Crippen LogP contribution < -0.4 is 5.32 Å². The lowest BCUT2D eigenvalue weighted by Gasteiger charge is -2.33.